The minimum atomic E-state index is 0.156. The zero-order valence-electron chi connectivity index (χ0n) is 10.3. The number of hydrogen-bond donors (Lipinski definition) is 1. The van der Waals surface area contributed by atoms with Gasteiger partial charge in [-0.3, -0.25) is 0 Å². The van der Waals surface area contributed by atoms with Crippen LogP contribution in [0.2, 0.25) is 5.02 Å². The first-order valence-electron chi connectivity index (χ1n) is 6.02. The summed E-state index contributed by atoms with van der Waals surface area (Å²) in [6.07, 6.45) is 3.71. The average molecular weight is 238 g/mol. The molecule has 0 saturated carbocycles. The minimum Gasteiger partial charge on any atom is -0.314 e. The molecule has 16 heavy (non-hydrogen) atoms. The fraction of sp³-hybridized carbons (Fsp3) is 0.571. The van der Waals surface area contributed by atoms with E-state index in [9.17, 15) is 0 Å². The number of rotatable bonds is 2. The predicted molar refractivity (Wildman–Crippen MR) is 70.3 cm³/mol. The quantitative estimate of drug-likeness (QED) is 0.826. The van der Waals surface area contributed by atoms with Gasteiger partial charge in [-0.05, 0) is 63.4 Å². The van der Waals surface area contributed by atoms with Crippen LogP contribution in [0.3, 0.4) is 0 Å². The van der Waals surface area contributed by atoms with Crippen molar-refractivity contribution in [2.45, 2.75) is 44.6 Å². The lowest BCUT2D eigenvalue weighted by molar-refractivity contribution is 0.312. The molecular weight excluding hydrogens is 218 g/mol. The van der Waals surface area contributed by atoms with E-state index in [1.807, 2.05) is 13.1 Å². The van der Waals surface area contributed by atoms with E-state index >= 15 is 0 Å². The van der Waals surface area contributed by atoms with Crippen LogP contribution in [-0.4, -0.2) is 12.6 Å². The molecule has 1 atom stereocenters. The molecule has 1 aromatic rings. The SMILES string of the molecule is CNC(C)(C)C1CCCc2cc(Cl)ccc21. The van der Waals surface area contributed by atoms with Gasteiger partial charge < -0.3 is 5.32 Å². The molecule has 2 rings (SSSR count). The smallest absolute Gasteiger partial charge is 0.0408 e. The lowest BCUT2D eigenvalue weighted by Gasteiger charge is -2.38. The maximum absolute atomic E-state index is 6.06. The summed E-state index contributed by atoms with van der Waals surface area (Å²) < 4.78 is 0. The van der Waals surface area contributed by atoms with Crippen molar-refractivity contribution < 1.29 is 0 Å². The molecule has 0 aliphatic heterocycles. The average Bonchev–Trinajstić information content (AvgIpc) is 2.27. The van der Waals surface area contributed by atoms with Gasteiger partial charge in [0.1, 0.15) is 0 Å². The minimum absolute atomic E-state index is 0.156. The molecule has 0 radical (unpaired) electrons. The van der Waals surface area contributed by atoms with Crippen LogP contribution in [0.4, 0.5) is 0 Å². The van der Waals surface area contributed by atoms with Crippen LogP contribution >= 0.6 is 11.6 Å². The molecule has 2 heteroatoms. The lowest BCUT2D eigenvalue weighted by Crippen LogP contribution is -2.43. The van der Waals surface area contributed by atoms with E-state index < -0.39 is 0 Å². The summed E-state index contributed by atoms with van der Waals surface area (Å²) in [5.41, 5.74) is 3.07. The number of likely N-dealkylation sites (N-methyl/N-ethyl adjacent to an activating group) is 1. The molecule has 0 spiro atoms. The maximum Gasteiger partial charge on any atom is 0.0408 e. The molecule has 1 aliphatic carbocycles. The molecular formula is C14H20ClN. The zero-order chi connectivity index (χ0) is 11.8. The third-order valence-corrected chi connectivity index (χ3v) is 4.17. The van der Waals surface area contributed by atoms with Gasteiger partial charge >= 0.3 is 0 Å². The molecule has 0 aromatic heterocycles. The number of fused-ring (bicyclic) bond motifs is 1. The van der Waals surface area contributed by atoms with Gasteiger partial charge in [-0.25, -0.2) is 0 Å². The summed E-state index contributed by atoms with van der Waals surface area (Å²) in [7, 11) is 2.05. The Labute approximate surface area is 103 Å². The zero-order valence-corrected chi connectivity index (χ0v) is 11.1. The first kappa shape index (κ1) is 11.9. The van der Waals surface area contributed by atoms with Crippen LogP contribution in [0.15, 0.2) is 18.2 Å². The molecule has 0 fully saturated rings. The van der Waals surface area contributed by atoms with Crippen molar-refractivity contribution in [3.05, 3.63) is 34.3 Å². The van der Waals surface area contributed by atoms with Gasteiger partial charge in [0.15, 0.2) is 0 Å². The van der Waals surface area contributed by atoms with Crippen LogP contribution in [0.1, 0.15) is 43.7 Å². The molecule has 1 aliphatic rings. The lowest BCUT2D eigenvalue weighted by atomic mass is 9.73. The summed E-state index contributed by atoms with van der Waals surface area (Å²) in [4.78, 5) is 0. The third-order valence-electron chi connectivity index (χ3n) is 3.93. The van der Waals surface area contributed by atoms with Crippen molar-refractivity contribution in [2.75, 3.05) is 7.05 Å². The third kappa shape index (κ3) is 2.11. The summed E-state index contributed by atoms with van der Waals surface area (Å²) in [5.74, 6) is 0.596. The van der Waals surface area contributed by atoms with Crippen molar-refractivity contribution in [1.82, 2.24) is 5.32 Å². The standard InChI is InChI=1S/C14H20ClN/c1-14(2,16-3)13-6-4-5-10-9-11(15)7-8-12(10)13/h7-9,13,16H,4-6H2,1-3H3. The van der Waals surface area contributed by atoms with E-state index in [2.05, 4.69) is 31.3 Å². The van der Waals surface area contributed by atoms with Gasteiger partial charge in [-0.1, -0.05) is 17.7 Å². The molecule has 0 heterocycles. The number of hydrogen-bond acceptors (Lipinski definition) is 1. The first-order chi connectivity index (χ1) is 7.54. The highest BCUT2D eigenvalue weighted by Crippen LogP contribution is 2.39. The van der Waals surface area contributed by atoms with Crippen molar-refractivity contribution in [3.63, 3.8) is 0 Å². The Morgan fingerprint density at radius 1 is 1.38 bits per heavy atom. The molecule has 1 unspecified atom stereocenters. The van der Waals surface area contributed by atoms with Gasteiger partial charge in [0, 0.05) is 16.5 Å². The van der Waals surface area contributed by atoms with E-state index in [0.717, 1.165) is 5.02 Å². The second-order valence-corrected chi connectivity index (χ2v) is 5.70. The Morgan fingerprint density at radius 2 is 2.12 bits per heavy atom. The van der Waals surface area contributed by atoms with E-state index in [1.54, 1.807) is 0 Å². The van der Waals surface area contributed by atoms with E-state index in [0.29, 0.717) is 5.92 Å². The van der Waals surface area contributed by atoms with E-state index in [1.165, 1.54) is 30.4 Å². The van der Waals surface area contributed by atoms with E-state index in [-0.39, 0.29) is 5.54 Å². The summed E-state index contributed by atoms with van der Waals surface area (Å²) >= 11 is 6.06. The normalized spacial score (nSPS) is 20.6. The molecule has 1 N–H and O–H groups in total. The van der Waals surface area contributed by atoms with E-state index in [4.69, 9.17) is 11.6 Å². The fourth-order valence-corrected chi connectivity index (χ4v) is 2.90. The van der Waals surface area contributed by atoms with Crippen molar-refractivity contribution >= 4 is 11.6 Å². The molecule has 0 amide bonds. The van der Waals surface area contributed by atoms with Crippen LogP contribution in [0.5, 0.6) is 0 Å². The Morgan fingerprint density at radius 3 is 2.81 bits per heavy atom. The summed E-state index contributed by atoms with van der Waals surface area (Å²) in [5, 5.41) is 4.30. The second kappa shape index (κ2) is 4.38. The molecule has 88 valence electrons. The predicted octanol–water partition coefficient (Wildman–Crippen LogP) is 3.76. The monoisotopic (exact) mass is 237 g/mol. The van der Waals surface area contributed by atoms with Crippen LogP contribution < -0.4 is 5.32 Å². The van der Waals surface area contributed by atoms with Crippen molar-refractivity contribution in [3.8, 4) is 0 Å². The van der Waals surface area contributed by atoms with Gasteiger partial charge in [0.05, 0.1) is 0 Å². The van der Waals surface area contributed by atoms with Gasteiger partial charge in [0.2, 0.25) is 0 Å². The summed E-state index contributed by atoms with van der Waals surface area (Å²) in [6, 6.07) is 6.36. The molecule has 0 bridgehead atoms. The van der Waals surface area contributed by atoms with Crippen LogP contribution in [0.25, 0.3) is 0 Å². The highest BCUT2D eigenvalue weighted by molar-refractivity contribution is 6.30. The first-order valence-corrected chi connectivity index (χ1v) is 6.39. The van der Waals surface area contributed by atoms with Crippen molar-refractivity contribution in [2.24, 2.45) is 0 Å². The molecule has 1 nitrogen and oxygen atoms in total. The number of nitrogens with one attached hydrogen (secondary N) is 1. The Balaban J connectivity index is 2.40. The maximum atomic E-state index is 6.06. The Bertz CT molecular complexity index is 384. The Hall–Kier alpha value is -0.530. The fourth-order valence-electron chi connectivity index (χ4n) is 2.71. The highest BCUT2D eigenvalue weighted by atomic mass is 35.5. The van der Waals surface area contributed by atoms with Crippen molar-refractivity contribution in [1.29, 1.82) is 0 Å². The van der Waals surface area contributed by atoms with Gasteiger partial charge in [-0.15, -0.1) is 0 Å². The number of benzene rings is 1. The highest BCUT2D eigenvalue weighted by Gasteiger charge is 2.32. The second-order valence-electron chi connectivity index (χ2n) is 5.26. The molecule has 1 aromatic carbocycles. The largest absolute Gasteiger partial charge is 0.314 e. The number of aryl methyl sites for hydroxylation is 1. The van der Waals surface area contributed by atoms with Gasteiger partial charge in [0.25, 0.3) is 0 Å². The van der Waals surface area contributed by atoms with Crippen LogP contribution in [0, 0.1) is 0 Å². The summed E-state index contributed by atoms with van der Waals surface area (Å²) in [6.45, 7) is 4.56. The Kier molecular flexibility index (Phi) is 3.27. The van der Waals surface area contributed by atoms with Gasteiger partial charge in [-0.2, -0.15) is 0 Å². The molecule has 0 saturated heterocycles. The topological polar surface area (TPSA) is 12.0 Å². The van der Waals surface area contributed by atoms with Crippen LogP contribution in [-0.2, 0) is 6.42 Å². The number of halogens is 1.